The lowest BCUT2D eigenvalue weighted by Gasteiger charge is -2.23. The number of anilines is 1. The second-order valence-electron chi connectivity index (χ2n) is 4.44. The Morgan fingerprint density at radius 3 is 2.72 bits per heavy atom. The average molecular weight is 264 g/mol. The van der Waals surface area contributed by atoms with Gasteiger partial charge in [-0.25, -0.2) is 9.97 Å². The van der Waals surface area contributed by atoms with E-state index >= 15 is 0 Å². The summed E-state index contributed by atoms with van der Waals surface area (Å²) in [6.07, 6.45) is 2.75. The fourth-order valence-electron chi connectivity index (χ4n) is 2.15. The van der Waals surface area contributed by atoms with E-state index in [9.17, 15) is 0 Å². The molecule has 0 unspecified atom stereocenters. The van der Waals surface area contributed by atoms with Crippen molar-refractivity contribution in [3.05, 3.63) is 16.8 Å². The quantitative estimate of drug-likeness (QED) is 0.901. The van der Waals surface area contributed by atoms with Gasteiger partial charge < -0.3 is 10.6 Å². The summed E-state index contributed by atoms with van der Waals surface area (Å²) in [6.45, 7) is 8.93. The third kappa shape index (κ3) is 2.33. The largest absolute Gasteiger partial charge is 0.355 e. The van der Waals surface area contributed by atoms with Gasteiger partial charge in [-0.3, -0.25) is 0 Å². The molecule has 0 spiro atoms. The fourth-order valence-corrected chi connectivity index (χ4v) is 3.14. The molecular formula is C13H20N4S. The van der Waals surface area contributed by atoms with Crippen molar-refractivity contribution in [3.63, 3.8) is 0 Å². The number of aryl methyl sites for hydroxylation is 2. The second kappa shape index (κ2) is 5.63. The molecule has 2 N–H and O–H groups in total. The number of nitrogens with two attached hydrogens (primary N) is 1. The molecule has 2 heterocycles. The summed E-state index contributed by atoms with van der Waals surface area (Å²) in [4.78, 5) is 13.5. The van der Waals surface area contributed by atoms with Gasteiger partial charge in [0.1, 0.15) is 17.0 Å². The van der Waals surface area contributed by atoms with E-state index in [1.807, 2.05) is 0 Å². The van der Waals surface area contributed by atoms with Crippen LogP contribution in [-0.2, 0) is 0 Å². The van der Waals surface area contributed by atoms with Crippen LogP contribution >= 0.6 is 11.3 Å². The van der Waals surface area contributed by atoms with Crippen molar-refractivity contribution in [1.82, 2.24) is 9.97 Å². The van der Waals surface area contributed by atoms with Gasteiger partial charge in [0, 0.05) is 24.5 Å². The maximum absolute atomic E-state index is 5.70. The SMILES string of the molecule is CCCN(CCN)c1ncnc2sc(C)c(C)c12. The van der Waals surface area contributed by atoms with E-state index in [0.29, 0.717) is 6.54 Å². The Balaban J connectivity index is 2.54. The Morgan fingerprint density at radius 1 is 1.28 bits per heavy atom. The van der Waals surface area contributed by atoms with Crippen molar-refractivity contribution in [1.29, 1.82) is 0 Å². The van der Waals surface area contributed by atoms with Gasteiger partial charge in [-0.1, -0.05) is 6.92 Å². The molecule has 0 aliphatic heterocycles. The smallest absolute Gasteiger partial charge is 0.141 e. The summed E-state index contributed by atoms with van der Waals surface area (Å²) in [5.41, 5.74) is 7.00. The van der Waals surface area contributed by atoms with Crippen LogP contribution in [0.1, 0.15) is 23.8 Å². The molecule has 0 fully saturated rings. The first-order valence-corrected chi connectivity index (χ1v) is 7.16. The van der Waals surface area contributed by atoms with Crippen LogP contribution in [0.15, 0.2) is 6.33 Å². The highest BCUT2D eigenvalue weighted by Gasteiger charge is 2.16. The Labute approximate surface area is 112 Å². The van der Waals surface area contributed by atoms with Gasteiger partial charge in [0.05, 0.1) is 5.39 Å². The van der Waals surface area contributed by atoms with Crippen LogP contribution in [-0.4, -0.2) is 29.6 Å². The Bertz CT molecular complexity index is 529. The molecule has 0 aliphatic rings. The molecule has 0 atom stereocenters. The van der Waals surface area contributed by atoms with Crippen molar-refractivity contribution < 1.29 is 0 Å². The third-order valence-electron chi connectivity index (χ3n) is 3.14. The van der Waals surface area contributed by atoms with E-state index in [2.05, 4.69) is 35.6 Å². The average Bonchev–Trinajstić information content (AvgIpc) is 2.65. The zero-order chi connectivity index (χ0) is 13.1. The molecule has 2 rings (SSSR count). The molecular weight excluding hydrogens is 244 g/mol. The topological polar surface area (TPSA) is 55.0 Å². The van der Waals surface area contributed by atoms with Gasteiger partial charge in [-0.05, 0) is 25.8 Å². The van der Waals surface area contributed by atoms with Crippen molar-refractivity contribution in [2.75, 3.05) is 24.5 Å². The van der Waals surface area contributed by atoms with Crippen molar-refractivity contribution in [2.45, 2.75) is 27.2 Å². The van der Waals surface area contributed by atoms with Gasteiger partial charge in [0.25, 0.3) is 0 Å². The summed E-state index contributed by atoms with van der Waals surface area (Å²) in [5.74, 6) is 1.04. The molecule has 0 aromatic carbocycles. The van der Waals surface area contributed by atoms with E-state index in [-0.39, 0.29) is 0 Å². The maximum Gasteiger partial charge on any atom is 0.141 e. The number of hydrogen-bond acceptors (Lipinski definition) is 5. The Hall–Kier alpha value is -1.20. The minimum atomic E-state index is 0.646. The van der Waals surface area contributed by atoms with Crippen molar-refractivity contribution >= 4 is 27.4 Å². The molecule has 2 aromatic rings. The molecule has 0 bridgehead atoms. The van der Waals surface area contributed by atoms with E-state index in [4.69, 9.17) is 5.73 Å². The summed E-state index contributed by atoms with van der Waals surface area (Å²) in [6, 6.07) is 0. The highest BCUT2D eigenvalue weighted by molar-refractivity contribution is 7.18. The van der Waals surface area contributed by atoms with Crippen molar-refractivity contribution in [2.24, 2.45) is 5.73 Å². The summed E-state index contributed by atoms with van der Waals surface area (Å²) < 4.78 is 0. The number of aromatic nitrogens is 2. The first-order valence-electron chi connectivity index (χ1n) is 6.34. The molecule has 0 saturated heterocycles. The van der Waals surface area contributed by atoms with Crippen LogP contribution in [0.2, 0.25) is 0 Å². The molecule has 2 aromatic heterocycles. The summed E-state index contributed by atoms with van der Waals surface area (Å²) in [7, 11) is 0. The normalized spacial score (nSPS) is 11.1. The Morgan fingerprint density at radius 2 is 2.06 bits per heavy atom. The molecule has 5 heteroatoms. The highest BCUT2D eigenvalue weighted by atomic mass is 32.1. The predicted molar refractivity (Wildman–Crippen MR) is 78.4 cm³/mol. The van der Waals surface area contributed by atoms with Gasteiger partial charge >= 0.3 is 0 Å². The van der Waals surface area contributed by atoms with Crippen LogP contribution in [0.5, 0.6) is 0 Å². The zero-order valence-electron chi connectivity index (χ0n) is 11.2. The van der Waals surface area contributed by atoms with E-state index in [0.717, 1.165) is 30.2 Å². The molecule has 0 radical (unpaired) electrons. The molecule has 0 amide bonds. The van der Waals surface area contributed by atoms with Crippen LogP contribution in [0.3, 0.4) is 0 Å². The van der Waals surface area contributed by atoms with Crippen molar-refractivity contribution in [3.8, 4) is 0 Å². The number of hydrogen-bond donors (Lipinski definition) is 1. The van der Waals surface area contributed by atoms with Crippen LogP contribution in [0, 0.1) is 13.8 Å². The lowest BCUT2D eigenvalue weighted by atomic mass is 10.2. The number of rotatable bonds is 5. The van der Waals surface area contributed by atoms with Crippen LogP contribution < -0.4 is 10.6 Å². The first-order chi connectivity index (χ1) is 8.69. The van der Waals surface area contributed by atoms with E-state index in [1.165, 1.54) is 15.8 Å². The summed E-state index contributed by atoms with van der Waals surface area (Å²) in [5, 5.41) is 1.20. The van der Waals surface area contributed by atoms with Gasteiger partial charge in [0.2, 0.25) is 0 Å². The number of thiophene rings is 1. The fraction of sp³-hybridized carbons (Fsp3) is 0.538. The van der Waals surface area contributed by atoms with Gasteiger partial charge in [-0.15, -0.1) is 11.3 Å². The maximum atomic E-state index is 5.70. The number of nitrogens with zero attached hydrogens (tertiary/aromatic N) is 3. The molecule has 4 nitrogen and oxygen atoms in total. The second-order valence-corrected chi connectivity index (χ2v) is 5.64. The lowest BCUT2D eigenvalue weighted by Crippen LogP contribution is -2.31. The van der Waals surface area contributed by atoms with Crippen LogP contribution in [0.25, 0.3) is 10.2 Å². The van der Waals surface area contributed by atoms with Gasteiger partial charge in [-0.2, -0.15) is 0 Å². The predicted octanol–water partition coefficient (Wildman–Crippen LogP) is 2.48. The molecule has 98 valence electrons. The molecule has 0 saturated carbocycles. The van der Waals surface area contributed by atoms with E-state index in [1.54, 1.807) is 17.7 Å². The monoisotopic (exact) mass is 264 g/mol. The Kier molecular flexibility index (Phi) is 4.14. The summed E-state index contributed by atoms with van der Waals surface area (Å²) >= 11 is 1.74. The molecule has 18 heavy (non-hydrogen) atoms. The zero-order valence-corrected chi connectivity index (χ0v) is 12.0. The van der Waals surface area contributed by atoms with Crippen LogP contribution in [0.4, 0.5) is 5.82 Å². The first kappa shape index (κ1) is 13.2. The molecule has 0 aliphatic carbocycles. The minimum Gasteiger partial charge on any atom is -0.355 e. The van der Waals surface area contributed by atoms with E-state index < -0.39 is 0 Å². The number of fused-ring (bicyclic) bond motifs is 1. The lowest BCUT2D eigenvalue weighted by molar-refractivity contribution is 0.753. The van der Waals surface area contributed by atoms with Gasteiger partial charge in [0.15, 0.2) is 0 Å². The third-order valence-corrected chi connectivity index (χ3v) is 4.25. The highest BCUT2D eigenvalue weighted by Crippen LogP contribution is 2.34. The standard InChI is InChI=1S/C13H20N4S/c1-4-6-17(7-5-14)12-11-9(2)10(3)18-13(11)16-8-15-12/h8H,4-7,14H2,1-3H3. The minimum absolute atomic E-state index is 0.646.